The SMILES string of the molecule is Cc1[nH]c2c(F)ccc(C)c2c1CCNC(=O)CCc1cccnc1. The predicted octanol–water partition coefficient (Wildman–Crippen LogP) is 3.61. The Kier molecular flexibility index (Phi) is 5.12. The van der Waals surface area contributed by atoms with Crippen molar-refractivity contribution in [3.05, 3.63) is 64.9 Å². The van der Waals surface area contributed by atoms with Crippen LogP contribution in [0, 0.1) is 19.7 Å². The van der Waals surface area contributed by atoms with Crippen LogP contribution in [-0.4, -0.2) is 22.4 Å². The molecule has 0 unspecified atom stereocenters. The number of halogens is 1. The lowest BCUT2D eigenvalue weighted by atomic mass is 10.0. The number of pyridine rings is 1. The monoisotopic (exact) mass is 339 g/mol. The standard InChI is InChI=1S/C20H22FN3O/c1-13-5-7-17(21)20-19(13)16(14(2)24-20)9-11-23-18(25)8-6-15-4-3-10-22-12-15/h3-5,7,10,12,24H,6,8-9,11H2,1-2H3,(H,23,25). The van der Waals surface area contributed by atoms with Gasteiger partial charge in [0.2, 0.25) is 5.91 Å². The third-order valence-corrected chi connectivity index (χ3v) is 4.49. The number of H-pyrrole nitrogens is 1. The molecule has 0 radical (unpaired) electrons. The molecule has 0 aliphatic heterocycles. The van der Waals surface area contributed by atoms with Crippen LogP contribution in [0.2, 0.25) is 0 Å². The quantitative estimate of drug-likeness (QED) is 0.721. The number of benzene rings is 1. The summed E-state index contributed by atoms with van der Waals surface area (Å²) >= 11 is 0. The highest BCUT2D eigenvalue weighted by Gasteiger charge is 2.14. The molecule has 0 saturated carbocycles. The van der Waals surface area contributed by atoms with Crippen molar-refractivity contribution in [2.45, 2.75) is 33.1 Å². The van der Waals surface area contributed by atoms with Gasteiger partial charge in [0.05, 0.1) is 5.52 Å². The molecular formula is C20H22FN3O. The molecule has 130 valence electrons. The first-order valence-corrected chi connectivity index (χ1v) is 8.48. The largest absolute Gasteiger partial charge is 0.356 e. The summed E-state index contributed by atoms with van der Waals surface area (Å²) in [4.78, 5) is 19.2. The van der Waals surface area contributed by atoms with E-state index in [0.29, 0.717) is 31.3 Å². The van der Waals surface area contributed by atoms with Crippen molar-refractivity contribution in [3.8, 4) is 0 Å². The maximum Gasteiger partial charge on any atom is 0.220 e. The van der Waals surface area contributed by atoms with Crippen LogP contribution in [-0.2, 0) is 17.6 Å². The number of aromatic nitrogens is 2. The van der Waals surface area contributed by atoms with Gasteiger partial charge in [-0.15, -0.1) is 0 Å². The maximum absolute atomic E-state index is 14.0. The van der Waals surface area contributed by atoms with Gasteiger partial charge in [0.1, 0.15) is 5.82 Å². The Bertz CT molecular complexity index is 887. The van der Waals surface area contributed by atoms with Gasteiger partial charge < -0.3 is 10.3 Å². The molecule has 3 rings (SSSR count). The van der Waals surface area contributed by atoms with Crippen molar-refractivity contribution >= 4 is 16.8 Å². The Morgan fingerprint density at radius 1 is 1.24 bits per heavy atom. The van der Waals surface area contributed by atoms with Crippen LogP contribution >= 0.6 is 0 Å². The van der Waals surface area contributed by atoms with Gasteiger partial charge in [0, 0.05) is 36.4 Å². The molecule has 5 heteroatoms. The van der Waals surface area contributed by atoms with Crippen LogP contribution in [0.1, 0.15) is 28.8 Å². The zero-order chi connectivity index (χ0) is 17.8. The minimum Gasteiger partial charge on any atom is -0.356 e. The summed E-state index contributed by atoms with van der Waals surface area (Å²) < 4.78 is 14.0. The lowest BCUT2D eigenvalue weighted by Gasteiger charge is -2.07. The third kappa shape index (κ3) is 3.87. The average molecular weight is 339 g/mol. The van der Waals surface area contributed by atoms with Crippen LogP contribution in [0.25, 0.3) is 10.9 Å². The molecule has 0 aliphatic carbocycles. The second-order valence-electron chi connectivity index (χ2n) is 6.30. The zero-order valence-electron chi connectivity index (χ0n) is 14.5. The molecule has 1 aromatic carbocycles. The van der Waals surface area contributed by atoms with Gasteiger partial charge in [-0.05, 0) is 55.5 Å². The average Bonchev–Trinajstić information content (AvgIpc) is 2.95. The van der Waals surface area contributed by atoms with E-state index >= 15 is 0 Å². The molecule has 25 heavy (non-hydrogen) atoms. The molecule has 0 aliphatic rings. The maximum atomic E-state index is 14.0. The van der Waals surface area contributed by atoms with Gasteiger partial charge >= 0.3 is 0 Å². The Morgan fingerprint density at radius 2 is 2.08 bits per heavy atom. The first-order chi connectivity index (χ1) is 12.1. The number of rotatable bonds is 6. The van der Waals surface area contributed by atoms with Gasteiger partial charge in [-0.25, -0.2) is 4.39 Å². The van der Waals surface area contributed by atoms with Gasteiger partial charge in [0.15, 0.2) is 0 Å². The molecule has 2 N–H and O–H groups in total. The van der Waals surface area contributed by atoms with Crippen LogP contribution in [0.4, 0.5) is 4.39 Å². The van der Waals surface area contributed by atoms with Crippen molar-refractivity contribution in [2.75, 3.05) is 6.54 Å². The zero-order valence-corrected chi connectivity index (χ0v) is 14.5. The highest BCUT2D eigenvalue weighted by atomic mass is 19.1. The number of aryl methyl sites for hydroxylation is 3. The van der Waals surface area contributed by atoms with E-state index in [4.69, 9.17) is 0 Å². The van der Waals surface area contributed by atoms with E-state index in [1.807, 2.05) is 26.0 Å². The molecule has 0 bridgehead atoms. The third-order valence-electron chi connectivity index (χ3n) is 4.49. The number of carbonyl (C=O) groups is 1. The fourth-order valence-corrected chi connectivity index (χ4v) is 3.17. The fraction of sp³-hybridized carbons (Fsp3) is 0.300. The molecule has 2 heterocycles. The number of carbonyl (C=O) groups excluding carboxylic acids is 1. The van der Waals surface area contributed by atoms with E-state index in [0.717, 1.165) is 27.8 Å². The Labute approximate surface area is 146 Å². The molecule has 1 amide bonds. The molecule has 4 nitrogen and oxygen atoms in total. The number of nitrogens with one attached hydrogen (secondary N) is 2. The van der Waals surface area contributed by atoms with E-state index in [-0.39, 0.29) is 11.7 Å². The van der Waals surface area contributed by atoms with Crippen LogP contribution in [0.3, 0.4) is 0 Å². The molecule has 0 atom stereocenters. The topological polar surface area (TPSA) is 57.8 Å². The van der Waals surface area contributed by atoms with Crippen molar-refractivity contribution in [1.29, 1.82) is 0 Å². The highest BCUT2D eigenvalue weighted by Crippen LogP contribution is 2.27. The Hall–Kier alpha value is -2.69. The summed E-state index contributed by atoms with van der Waals surface area (Å²) in [6, 6.07) is 7.11. The number of hydrogen-bond donors (Lipinski definition) is 2. The number of hydrogen-bond acceptors (Lipinski definition) is 2. The van der Waals surface area contributed by atoms with E-state index < -0.39 is 0 Å². The number of aromatic amines is 1. The molecule has 0 fully saturated rings. The van der Waals surface area contributed by atoms with Gasteiger partial charge in [-0.2, -0.15) is 0 Å². The lowest BCUT2D eigenvalue weighted by molar-refractivity contribution is -0.121. The van der Waals surface area contributed by atoms with Crippen LogP contribution < -0.4 is 5.32 Å². The fourth-order valence-electron chi connectivity index (χ4n) is 3.17. The lowest BCUT2D eigenvalue weighted by Crippen LogP contribution is -2.26. The highest BCUT2D eigenvalue weighted by molar-refractivity contribution is 5.88. The Balaban J connectivity index is 1.59. The second-order valence-corrected chi connectivity index (χ2v) is 6.30. The molecule has 0 saturated heterocycles. The van der Waals surface area contributed by atoms with Crippen LogP contribution in [0.5, 0.6) is 0 Å². The summed E-state index contributed by atoms with van der Waals surface area (Å²) in [5, 5.41) is 3.88. The summed E-state index contributed by atoms with van der Waals surface area (Å²) in [5.74, 6) is -0.222. The minimum atomic E-state index is -0.240. The number of amides is 1. The van der Waals surface area contributed by atoms with E-state index in [9.17, 15) is 9.18 Å². The normalized spacial score (nSPS) is 11.0. The number of fused-ring (bicyclic) bond motifs is 1. The van der Waals surface area contributed by atoms with E-state index in [1.165, 1.54) is 6.07 Å². The molecule has 0 spiro atoms. The van der Waals surface area contributed by atoms with Crippen molar-refractivity contribution in [2.24, 2.45) is 0 Å². The van der Waals surface area contributed by atoms with Crippen molar-refractivity contribution in [1.82, 2.24) is 15.3 Å². The van der Waals surface area contributed by atoms with E-state index in [2.05, 4.69) is 15.3 Å². The second kappa shape index (κ2) is 7.47. The molecule has 3 aromatic rings. The van der Waals surface area contributed by atoms with Crippen molar-refractivity contribution in [3.63, 3.8) is 0 Å². The van der Waals surface area contributed by atoms with Crippen LogP contribution in [0.15, 0.2) is 36.7 Å². The predicted molar refractivity (Wildman–Crippen MR) is 97.0 cm³/mol. The summed E-state index contributed by atoms with van der Waals surface area (Å²) in [6.45, 7) is 4.46. The first kappa shape index (κ1) is 17.1. The minimum absolute atomic E-state index is 0.0178. The summed E-state index contributed by atoms with van der Waals surface area (Å²) in [7, 11) is 0. The summed E-state index contributed by atoms with van der Waals surface area (Å²) in [6.07, 6.45) is 5.29. The molecule has 2 aromatic heterocycles. The van der Waals surface area contributed by atoms with E-state index in [1.54, 1.807) is 18.5 Å². The molecular weight excluding hydrogens is 317 g/mol. The smallest absolute Gasteiger partial charge is 0.220 e. The van der Waals surface area contributed by atoms with Gasteiger partial charge in [-0.3, -0.25) is 9.78 Å². The van der Waals surface area contributed by atoms with Gasteiger partial charge in [0.25, 0.3) is 0 Å². The van der Waals surface area contributed by atoms with Crippen molar-refractivity contribution < 1.29 is 9.18 Å². The van der Waals surface area contributed by atoms with Gasteiger partial charge in [-0.1, -0.05) is 12.1 Å². The first-order valence-electron chi connectivity index (χ1n) is 8.48. The Morgan fingerprint density at radius 3 is 2.84 bits per heavy atom. The number of nitrogens with zero attached hydrogens (tertiary/aromatic N) is 1. The summed E-state index contributed by atoms with van der Waals surface area (Å²) in [5.41, 5.74) is 4.66.